The number of benzene rings is 4. The lowest BCUT2D eigenvalue weighted by molar-refractivity contribution is 0.479. The number of rotatable bonds is 4. The molecule has 0 atom stereocenters. The molecule has 0 amide bonds. The van der Waals surface area contributed by atoms with Crippen molar-refractivity contribution in [3.05, 3.63) is 114 Å². The summed E-state index contributed by atoms with van der Waals surface area (Å²) in [6.45, 7) is 10.7. The Labute approximate surface area is 263 Å². The van der Waals surface area contributed by atoms with E-state index >= 15 is 0 Å². The van der Waals surface area contributed by atoms with Crippen LogP contribution in [-0.4, -0.2) is 16.5 Å². The van der Waals surface area contributed by atoms with Gasteiger partial charge in [-0.05, 0) is 76.6 Å². The molecule has 44 heavy (non-hydrogen) atoms. The number of aromatic nitrogens is 2. The van der Waals surface area contributed by atoms with Crippen molar-refractivity contribution in [2.75, 3.05) is 17.0 Å². The maximum absolute atomic E-state index is 8.11. The van der Waals surface area contributed by atoms with Gasteiger partial charge in [-0.25, -0.2) is 4.98 Å². The van der Waals surface area contributed by atoms with Gasteiger partial charge in [-0.15, -0.1) is 5.53 Å². The minimum absolute atomic E-state index is 0.0221. The van der Waals surface area contributed by atoms with Gasteiger partial charge in [0.15, 0.2) is 0 Å². The van der Waals surface area contributed by atoms with E-state index in [4.69, 9.17) is 13.8 Å². The molecule has 0 saturated carbocycles. The normalized spacial score (nSPS) is 14.9. The number of nitrogens with zero attached hydrogens (tertiary/aromatic N) is 4. The van der Waals surface area contributed by atoms with Crippen molar-refractivity contribution in [1.29, 1.82) is 0 Å². The van der Waals surface area contributed by atoms with Crippen molar-refractivity contribution in [2.45, 2.75) is 52.4 Å². The summed E-state index contributed by atoms with van der Waals surface area (Å²) >= 11 is 0. The average Bonchev–Trinajstić information content (AvgIpc) is 3.57. The van der Waals surface area contributed by atoms with Gasteiger partial charge >= 0.3 is 0 Å². The van der Waals surface area contributed by atoms with Crippen LogP contribution in [0.2, 0.25) is 0 Å². The van der Waals surface area contributed by atoms with Crippen LogP contribution in [0.3, 0.4) is 0 Å². The predicted molar refractivity (Wildman–Crippen MR) is 183 cm³/mol. The number of hydrogen-bond donors (Lipinski definition) is 1. The van der Waals surface area contributed by atoms with Crippen LogP contribution in [0.4, 0.5) is 17.1 Å². The molecule has 0 saturated heterocycles. The minimum atomic E-state index is -2.37. The highest BCUT2D eigenvalue weighted by atomic mass is 16.5. The molecule has 6 aromatic rings. The Morgan fingerprint density at radius 1 is 0.682 bits per heavy atom. The van der Waals surface area contributed by atoms with Gasteiger partial charge in [0.05, 0.1) is 28.1 Å². The standard InChI is InChI=1S/C38H39N5O/c1-37(2,3)25-18-19-39-36(22-25)42-32-13-9-8-12-30(32)31-17-16-28(24-35(31)42)44-29-21-26(38(4,5)6)20-27(23-29)43-34-15-11-10-14-33(34)41(7)40-43/h8-24,40H,1-7H3/i7D3. The van der Waals surface area contributed by atoms with Crippen molar-refractivity contribution in [3.8, 4) is 17.3 Å². The number of anilines is 3. The summed E-state index contributed by atoms with van der Waals surface area (Å²) in [5, 5.41) is 5.29. The second-order valence-corrected chi connectivity index (χ2v) is 13.5. The van der Waals surface area contributed by atoms with E-state index in [1.54, 1.807) is 11.1 Å². The Hall–Kier alpha value is -4.81. The molecule has 4 aromatic carbocycles. The van der Waals surface area contributed by atoms with Crippen LogP contribution in [0.25, 0.3) is 27.6 Å². The lowest BCUT2D eigenvalue weighted by Crippen LogP contribution is -2.39. The Balaban J connectivity index is 1.34. The summed E-state index contributed by atoms with van der Waals surface area (Å²) in [4.78, 5) is 4.81. The smallest absolute Gasteiger partial charge is 0.137 e. The number of pyridine rings is 1. The zero-order chi connectivity index (χ0) is 33.3. The lowest BCUT2D eigenvalue weighted by Gasteiger charge is -2.25. The van der Waals surface area contributed by atoms with E-state index in [-0.39, 0.29) is 10.8 Å². The molecule has 0 radical (unpaired) electrons. The second-order valence-electron chi connectivity index (χ2n) is 13.5. The van der Waals surface area contributed by atoms with Crippen molar-refractivity contribution in [2.24, 2.45) is 0 Å². The van der Waals surface area contributed by atoms with E-state index in [1.807, 2.05) is 36.5 Å². The summed E-state index contributed by atoms with van der Waals surface area (Å²) in [5.74, 6) is 2.19. The summed E-state index contributed by atoms with van der Waals surface area (Å²) in [7, 11) is 0. The molecule has 6 nitrogen and oxygen atoms in total. The van der Waals surface area contributed by atoms with Gasteiger partial charge in [-0.3, -0.25) is 14.6 Å². The fraction of sp³-hybridized carbons (Fsp3) is 0.237. The first-order valence-electron chi connectivity index (χ1n) is 16.5. The Morgan fingerprint density at radius 2 is 1.41 bits per heavy atom. The predicted octanol–water partition coefficient (Wildman–Crippen LogP) is 9.57. The van der Waals surface area contributed by atoms with Gasteiger partial charge in [0, 0.05) is 40.2 Å². The second kappa shape index (κ2) is 10.1. The number of hydrogen-bond acceptors (Lipinski definition) is 5. The molecule has 0 fully saturated rings. The first-order chi connectivity index (χ1) is 22.2. The van der Waals surface area contributed by atoms with Gasteiger partial charge in [-0.2, -0.15) is 0 Å². The summed E-state index contributed by atoms with van der Waals surface area (Å²) in [6.07, 6.45) is 1.88. The highest BCUT2D eigenvalue weighted by molar-refractivity contribution is 6.09. The molecule has 7 rings (SSSR count). The Kier molecular flexibility index (Phi) is 5.67. The Bertz CT molecular complexity index is 2140. The van der Waals surface area contributed by atoms with Crippen LogP contribution in [0.15, 0.2) is 103 Å². The summed E-state index contributed by atoms with van der Waals surface area (Å²) in [6, 6.07) is 32.4. The van der Waals surface area contributed by atoms with E-state index in [0.717, 1.165) is 44.6 Å². The van der Waals surface area contributed by atoms with Crippen LogP contribution in [0.5, 0.6) is 11.5 Å². The van der Waals surface area contributed by atoms with Gasteiger partial charge < -0.3 is 4.74 Å². The quantitative estimate of drug-likeness (QED) is 0.224. The van der Waals surface area contributed by atoms with Gasteiger partial charge in [0.2, 0.25) is 0 Å². The fourth-order valence-corrected chi connectivity index (χ4v) is 5.86. The topological polar surface area (TPSA) is 45.6 Å². The maximum atomic E-state index is 8.11. The van der Waals surface area contributed by atoms with Gasteiger partial charge in [0.25, 0.3) is 0 Å². The molecule has 1 aliphatic heterocycles. The molecule has 6 heteroatoms. The number of para-hydroxylation sites is 3. The third-order valence-electron chi connectivity index (χ3n) is 8.30. The zero-order valence-electron chi connectivity index (χ0n) is 29.0. The third-order valence-corrected chi connectivity index (χ3v) is 8.30. The van der Waals surface area contributed by atoms with Gasteiger partial charge in [0.1, 0.15) is 17.3 Å². The average molecular weight is 585 g/mol. The van der Waals surface area contributed by atoms with Crippen LogP contribution >= 0.6 is 0 Å². The van der Waals surface area contributed by atoms with Crippen molar-refractivity contribution >= 4 is 38.9 Å². The van der Waals surface area contributed by atoms with Crippen molar-refractivity contribution in [3.63, 3.8) is 0 Å². The van der Waals surface area contributed by atoms with Crippen LogP contribution in [-0.2, 0) is 10.8 Å². The highest BCUT2D eigenvalue weighted by Crippen LogP contribution is 2.41. The molecular formula is C38H39N5O. The molecule has 222 valence electrons. The van der Waals surface area contributed by atoms with Crippen LogP contribution < -0.4 is 20.3 Å². The number of fused-ring (bicyclic) bond motifs is 4. The number of hydrazine groups is 2. The largest absolute Gasteiger partial charge is 0.457 e. The molecule has 0 bridgehead atoms. The van der Waals surface area contributed by atoms with Crippen molar-refractivity contribution < 1.29 is 8.85 Å². The number of ether oxygens (including phenoxy) is 1. The summed E-state index contributed by atoms with van der Waals surface area (Å²) in [5.41, 5.74) is 9.31. The first kappa shape index (κ1) is 24.6. The Morgan fingerprint density at radius 3 is 2.18 bits per heavy atom. The van der Waals surface area contributed by atoms with Crippen LogP contribution in [0, 0.1) is 0 Å². The van der Waals surface area contributed by atoms with Gasteiger partial charge in [-0.1, -0.05) is 71.9 Å². The molecule has 1 aliphatic rings. The molecule has 0 spiro atoms. The van der Waals surface area contributed by atoms with E-state index in [1.165, 1.54) is 10.6 Å². The van der Waals surface area contributed by atoms with Crippen molar-refractivity contribution in [1.82, 2.24) is 15.1 Å². The molecule has 1 N–H and O–H groups in total. The monoisotopic (exact) mass is 584 g/mol. The lowest BCUT2D eigenvalue weighted by atomic mass is 9.86. The summed E-state index contributed by atoms with van der Waals surface area (Å²) < 4.78 is 33.2. The third kappa shape index (κ3) is 4.85. The molecule has 0 aliphatic carbocycles. The zero-order valence-corrected chi connectivity index (χ0v) is 26.0. The molecule has 0 unspecified atom stereocenters. The van der Waals surface area contributed by atoms with E-state index in [2.05, 4.69) is 112 Å². The first-order valence-corrected chi connectivity index (χ1v) is 15.0. The number of nitrogens with one attached hydrogen (secondary N) is 1. The fourth-order valence-electron chi connectivity index (χ4n) is 5.86. The van der Waals surface area contributed by atoms with Crippen LogP contribution in [0.1, 0.15) is 56.8 Å². The van der Waals surface area contributed by atoms with E-state index in [0.29, 0.717) is 17.2 Å². The minimum Gasteiger partial charge on any atom is -0.457 e. The van der Waals surface area contributed by atoms with E-state index in [9.17, 15) is 0 Å². The molecule has 3 heterocycles. The highest BCUT2D eigenvalue weighted by Gasteiger charge is 2.26. The molecular weight excluding hydrogens is 542 g/mol. The molecule has 2 aromatic heterocycles. The SMILES string of the molecule is [2H]C([2H])([2H])N1NN(c2cc(Oc3ccc4c5ccccc5n(-c5cc(C(C)(C)C)ccn5)c4c3)cc(C(C)(C)C)c2)c2ccccc21. The maximum Gasteiger partial charge on any atom is 0.137 e. The van der Waals surface area contributed by atoms with E-state index < -0.39 is 6.98 Å².